The van der Waals surface area contributed by atoms with Crippen LogP contribution in [0.2, 0.25) is 0 Å². The van der Waals surface area contributed by atoms with Crippen molar-refractivity contribution in [2.75, 3.05) is 13.1 Å². The van der Waals surface area contributed by atoms with Crippen molar-refractivity contribution in [3.8, 4) is 0 Å². The fraction of sp³-hybridized carbons (Fsp3) is 0.292. The van der Waals surface area contributed by atoms with E-state index < -0.39 is 0 Å². The monoisotopic (exact) mass is 419 g/mol. The number of amides is 2. The van der Waals surface area contributed by atoms with E-state index in [4.69, 9.17) is 0 Å². The van der Waals surface area contributed by atoms with E-state index in [2.05, 4.69) is 10.3 Å². The molecule has 0 bridgehead atoms. The molecule has 30 heavy (non-hydrogen) atoms. The zero-order chi connectivity index (χ0) is 20.9. The Labute approximate surface area is 180 Å². The second-order valence-corrected chi connectivity index (χ2v) is 8.57. The number of likely N-dealkylation sites (tertiary alicyclic amines) is 1. The molecule has 1 aliphatic rings. The van der Waals surface area contributed by atoms with Crippen molar-refractivity contribution in [1.29, 1.82) is 0 Å². The largest absolute Gasteiger partial charge is 0.343 e. The van der Waals surface area contributed by atoms with Crippen LogP contribution in [0.5, 0.6) is 0 Å². The fourth-order valence-corrected chi connectivity index (χ4v) is 4.68. The highest BCUT2D eigenvalue weighted by molar-refractivity contribution is 7.10. The molecule has 154 valence electrons. The number of pyridine rings is 1. The van der Waals surface area contributed by atoms with Crippen LogP contribution < -0.4 is 5.32 Å². The van der Waals surface area contributed by atoms with E-state index in [0.717, 1.165) is 16.1 Å². The number of thiophene rings is 1. The van der Waals surface area contributed by atoms with Crippen LogP contribution in [0.3, 0.4) is 0 Å². The highest BCUT2D eigenvalue weighted by atomic mass is 32.1. The number of hydrogen-bond donors (Lipinski definition) is 1. The van der Waals surface area contributed by atoms with Crippen LogP contribution in [0.4, 0.5) is 0 Å². The van der Waals surface area contributed by atoms with Gasteiger partial charge in [0.15, 0.2) is 0 Å². The van der Waals surface area contributed by atoms with Crippen molar-refractivity contribution in [2.24, 2.45) is 5.92 Å². The number of carbonyl (C=O) groups excluding carboxylic acids is 2. The van der Waals surface area contributed by atoms with Gasteiger partial charge in [0.25, 0.3) is 5.91 Å². The van der Waals surface area contributed by atoms with Crippen LogP contribution in [-0.4, -0.2) is 34.8 Å². The molecule has 0 saturated carbocycles. The van der Waals surface area contributed by atoms with Gasteiger partial charge < -0.3 is 10.2 Å². The van der Waals surface area contributed by atoms with Gasteiger partial charge in [-0.15, -0.1) is 11.3 Å². The Morgan fingerprint density at radius 1 is 1.07 bits per heavy atom. The molecule has 2 aromatic heterocycles. The number of benzene rings is 1. The topological polar surface area (TPSA) is 62.3 Å². The van der Waals surface area contributed by atoms with E-state index in [9.17, 15) is 9.59 Å². The van der Waals surface area contributed by atoms with Gasteiger partial charge >= 0.3 is 0 Å². The lowest BCUT2D eigenvalue weighted by molar-refractivity contribution is -0.126. The first-order valence-electron chi connectivity index (χ1n) is 10.2. The summed E-state index contributed by atoms with van der Waals surface area (Å²) in [5.41, 5.74) is 2.63. The van der Waals surface area contributed by atoms with Gasteiger partial charge in [-0.05, 0) is 55.0 Å². The summed E-state index contributed by atoms with van der Waals surface area (Å²) in [6, 6.07) is 17.0. The molecular weight excluding hydrogens is 394 g/mol. The van der Waals surface area contributed by atoms with Gasteiger partial charge in [0, 0.05) is 35.6 Å². The molecule has 3 heterocycles. The van der Waals surface area contributed by atoms with Gasteiger partial charge in [0.05, 0.1) is 5.69 Å². The van der Waals surface area contributed by atoms with E-state index in [-0.39, 0.29) is 23.8 Å². The maximum absolute atomic E-state index is 13.1. The maximum atomic E-state index is 13.1. The number of hydrogen-bond acceptors (Lipinski definition) is 4. The summed E-state index contributed by atoms with van der Waals surface area (Å²) >= 11 is 1.62. The minimum Gasteiger partial charge on any atom is -0.343 e. The van der Waals surface area contributed by atoms with Crippen LogP contribution in [0.1, 0.15) is 45.4 Å². The Bertz CT molecular complexity index is 996. The third-order valence-corrected chi connectivity index (χ3v) is 6.55. The molecular formula is C24H25N3O2S. The summed E-state index contributed by atoms with van der Waals surface area (Å²) in [5, 5.41) is 5.24. The smallest absolute Gasteiger partial charge is 0.253 e. The zero-order valence-electron chi connectivity index (χ0n) is 17.0. The van der Waals surface area contributed by atoms with E-state index in [0.29, 0.717) is 31.5 Å². The van der Waals surface area contributed by atoms with E-state index in [1.165, 1.54) is 0 Å². The first kappa shape index (κ1) is 20.3. The van der Waals surface area contributed by atoms with Crippen LogP contribution in [0.25, 0.3) is 0 Å². The minimum absolute atomic E-state index is 0.0327. The highest BCUT2D eigenvalue weighted by Gasteiger charge is 2.30. The Hall–Kier alpha value is -2.99. The lowest BCUT2D eigenvalue weighted by Crippen LogP contribution is -2.44. The van der Waals surface area contributed by atoms with Crippen molar-refractivity contribution >= 4 is 23.2 Å². The first-order chi connectivity index (χ1) is 14.6. The molecule has 1 unspecified atom stereocenters. The number of aromatic nitrogens is 1. The van der Waals surface area contributed by atoms with Crippen LogP contribution >= 0.6 is 11.3 Å². The van der Waals surface area contributed by atoms with Gasteiger partial charge in [-0.1, -0.05) is 30.3 Å². The van der Waals surface area contributed by atoms with Gasteiger partial charge in [-0.25, -0.2) is 0 Å². The molecule has 0 radical (unpaired) electrons. The quantitative estimate of drug-likeness (QED) is 0.674. The molecule has 3 aromatic rings. The van der Waals surface area contributed by atoms with Crippen molar-refractivity contribution in [1.82, 2.24) is 15.2 Å². The molecule has 4 rings (SSSR count). The van der Waals surface area contributed by atoms with Crippen molar-refractivity contribution in [2.45, 2.75) is 25.8 Å². The second-order valence-electron chi connectivity index (χ2n) is 7.60. The Morgan fingerprint density at radius 2 is 1.83 bits per heavy atom. The molecule has 0 aliphatic carbocycles. The van der Waals surface area contributed by atoms with Crippen LogP contribution in [0.15, 0.2) is 66.2 Å². The van der Waals surface area contributed by atoms with Crippen molar-refractivity contribution in [3.05, 3.63) is 87.9 Å². The van der Waals surface area contributed by atoms with Crippen LogP contribution in [-0.2, 0) is 4.79 Å². The molecule has 1 aliphatic heterocycles. The summed E-state index contributed by atoms with van der Waals surface area (Å²) in [7, 11) is 0. The zero-order valence-corrected chi connectivity index (χ0v) is 17.8. The highest BCUT2D eigenvalue weighted by Crippen LogP contribution is 2.28. The molecule has 5 nitrogen and oxygen atoms in total. The third-order valence-electron chi connectivity index (χ3n) is 5.61. The summed E-state index contributed by atoms with van der Waals surface area (Å²) < 4.78 is 0. The molecule has 1 atom stereocenters. The summed E-state index contributed by atoms with van der Waals surface area (Å²) in [4.78, 5) is 33.2. The SMILES string of the molecule is Cc1cccnc1C(NC(=O)C1CCN(C(=O)c2ccccc2)CC1)c1cccs1. The van der Waals surface area contributed by atoms with Gasteiger partial charge in [0.1, 0.15) is 6.04 Å². The van der Waals surface area contributed by atoms with Crippen molar-refractivity contribution in [3.63, 3.8) is 0 Å². The normalized spacial score (nSPS) is 15.6. The predicted octanol–water partition coefficient (Wildman–Crippen LogP) is 4.21. The lowest BCUT2D eigenvalue weighted by atomic mass is 9.94. The number of nitrogens with one attached hydrogen (secondary N) is 1. The van der Waals surface area contributed by atoms with E-state index >= 15 is 0 Å². The summed E-state index contributed by atoms with van der Waals surface area (Å²) in [6.45, 7) is 3.21. The summed E-state index contributed by atoms with van der Waals surface area (Å²) in [6.07, 6.45) is 3.11. The second kappa shape index (κ2) is 9.22. The third kappa shape index (κ3) is 4.44. The molecule has 0 spiro atoms. The molecule has 1 aromatic carbocycles. The van der Waals surface area contributed by atoms with Crippen LogP contribution in [0, 0.1) is 12.8 Å². The first-order valence-corrected chi connectivity index (χ1v) is 11.1. The molecule has 1 fully saturated rings. The van der Waals surface area contributed by atoms with Gasteiger partial charge in [-0.3, -0.25) is 14.6 Å². The molecule has 2 amide bonds. The average molecular weight is 420 g/mol. The Balaban J connectivity index is 1.42. The predicted molar refractivity (Wildman–Crippen MR) is 118 cm³/mol. The van der Waals surface area contributed by atoms with Gasteiger partial charge in [-0.2, -0.15) is 0 Å². The molecule has 6 heteroatoms. The number of carbonyl (C=O) groups is 2. The Kier molecular flexibility index (Phi) is 6.23. The number of rotatable bonds is 5. The number of piperidine rings is 1. The van der Waals surface area contributed by atoms with E-state index in [1.807, 2.05) is 71.8 Å². The fourth-order valence-electron chi connectivity index (χ4n) is 3.90. The average Bonchev–Trinajstić information content (AvgIpc) is 3.33. The van der Waals surface area contributed by atoms with E-state index in [1.54, 1.807) is 17.5 Å². The molecule has 1 saturated heterocycles. The molecule has 1 N–H and O–H groups in total. The van der Waals surface area contributed by atoms with Crippen molar-refractivity contribution < 1.29 is 9.59 Å². The maximum Gasteiger partial charge on any atom is 0.253 e. The standard InChI is InChI=1S/C24H25N3O2S/c1-17-7-5-13-25-21(17)22(20-10-6-16-30-20)26-23(28)18-11-14-27(15-12-18)24(29)19-8-3-2-4-9-19/h2-10,13,16,18,22H,11-12,14-15H2,1H3,(H,26,28). The Morgan fingerprint density at radius 3 is 2.50 bits per heavy atom. The number of aryl methyl sites for hydroxylation is 1. The summed E-state index contributed by atoms with van der Waals surface area (Å²) in [5.74, 6) is -0.0309. The lowest BCUT2D eigenvalue weighted by Gasteiger charge is -2.32. The van der Waals surface area contributed by atoms with Gasteiger partial charge in [0.2, 0.25) is 5.91 Å². The number of nitrogens with zero attached hydrogens (tertiary/aromatic N) is 2. The minimum atomic E-state index is -0.248.